The number of rotatable bonds is 4. The molecule has 0 atom stereocenters. The molecule has 0 aliphatic heterocycles. The Labute approximate surface area is 83.2 Å². The zero-order valence-corrected chi connectivity index (χ0v) is 7.40. The van der Waals surface area contributed by atoms with Crippen molar-refractivity contribution in [3.05, 3.63) is 0 Å². The van der Waals surface area contributed by atoms with Crippen LogP contribution in [-0.4, -0.2) is 29.2 Å². The molecule has 0 aromatic carbocycles. The maximum absolute atomic E-state index is 12.4. The lowest BCUT2D eigenvalue weighted by Gasteiger charge is -2.31. The van der Waals surface area contributed by atoms with Crippen molar-refractivity contribution in [2.45, 2.75) is 24.2 Å². The molecule has 0 rings (SSSR count). The minimum Gasteiger partial charge on any atom is -0.388 e. The lowest BCUT2D eigenvalue weighted by molar-refractivity contribution is -0.319. The smallest absolute Gasteiger partial charge is 0.384 e. The SMILES string of the molecule is NC(=S)C(F)(F)C(F)(F)C(F)(F)C(F)F. The molecule has 90 valence electrons. The van der Waals surface area contributed by atoms with Gasteiger partial charge in [0.05, 0.1) is 0 Å². The van der Waals surface area contributed by atoms with Gasteiger partial charge in [-0.15, -0.1) is 0 Å². The summed E-state index contributed by atoms with van der Waals surface area (Å²) in [5.41, 5.74) is 4.08. The van der Waals surface area contributed by atoms with Crippen molar-refractivity contribution in [3.8, 4) is 0 Å². The summed E-state index contributed by atoms with van der Waals surface area (Å²) in [4.78, 5) is -2.28. The maximum atomic E-state index is 12.4. The third-order valence-corrected chi connectivity index (χ3v) is 1.65. The van der Waals surface area contributed by atoms with Gasteiger partial charge in [0.1, 0.15) is 4.99 Å². The molecular formula is C5H3F8NS. The second-order valence-electron chi connectivity index (χ2n) is 2.44. The van der Waals surface area contributed by atoms with E-state index in [0.717, 1.165) is 0 Å². The molecule has 1 nitrogen and oxygen atoms in total. The van der Waals surface area contributed by atoms with Crippen LogP contribution in [0.2, 0.25) is 0 Å². The van der Waals surface area contributed by atoms with Gasteiger partial charge in [0, 0.05) is 0 Å². The fraction of sp³-hybridized carbons (Fsp3) is 0.800. The molecule has 0 heterocycles. The minimum absolute atomic E-state index is 2.28. The van der Waals surface area contributed by atoms with E-state index in [4.69, 9.17) is 0 Å². The van der Waals surface area contributed by atoms with Gasteiger partial charge in [-0.2, -0.15) is 26.3 Å². The largest absolute Gasteiger partial charge is 0.388 e. The molecule has 2 N–H and O–H groups in total. The van der Waals surface area contributed by atoms with Crippen LogP contribution in [0.25, 0.3) is 0 Å². The van der Waals surface area contributed by atoms with Gasteiger partial charge in [-0.25, -0.2) is 8.78 Å². The van der Waals surface area contributed by atoms with Gasteiger partial charge in [0.15, 0.2) is 0 Å². The van der Waals surface area contributed by atoms with Crippen LogP contribution in [0.3, 0.4) is 0 Å². The zero-order chi connectivity index (χ0) is 12.7. The molecule has 0 aliphatic carbocycles. The van der Waals surface area contributed by atoms with Crippen molar-refractivity contribution in [1.29, 1.82) is 0 Å². The summed E-state index contributed by atoms with van der Waals surface area (Å²) in [6.45, 7) is 0. The first-order valence-electron chi connectivity index (χ1n) is 3.10. The van der Waals surface area contributed by atoms with Crippen LogP contribution in [0.4, 0.5) is 35.1 Å². The quantitative estimate of drug-likeness (QED) is 0.621. The number of halogens is 8. The van der Waals surface area contributed by atoms with Gasteiger partial charge >= 0.3 is 24.2 Å². The predicted molar refractivity (Wildman–Crippen MR) is 37.6 cm³/mol. The van der Waals surface area contributed by atoms with E-state index in [-0.39, 0.29) is 0 Å². The van der Waals surface area contributed by atoms with Crippen molar-refractivity contribution in [3.63, 3.8) is 0 Å². The molecule has 0 unspecified atom stereocenters. The summed E-state index contributed by atoms with van der Waals surface area (Å²) >= 11 is 3.40. The highest BCUT2D eigenvalue weighted by Crippen LogP contribution is 2.48. The fourth-order valence-electron chi connectivity index (χ4n) is 0.501. The molecule has 0 aromatic rings. The van der Waals surface area contributed by atoms with E-state index in [1.807, 2.05) is 0 Å². The second kappa shape index (κ2) is 3.72. The fourth-order valence-corrected chi connectivity index (χ4v) is 0.629. The van der Waals surface area contributed by atoms with E-state index < -0.39 is 29.2 Å². The first-order valence-corrected chi connectivity index (χ1v) is 3.51. The van der Waals surface area contributed by atoms with Crippen molar-refractivity contribution in [2.24, 2.45) is 5.73 Å². The zero-order valence-electron chi connectivity index (χ0n) is 6.59. The number of alkyl halides is 8. The summed E-state index contributed by atoms with van der Waals surface area (Å²) in [6.07, 6.45) is -4.97. The number of hydrogen-bond donors (Lipinski definition) is 1. The first-order chi connectivity index (χ1) is 6.39. The molecule has 0 aromatic heterocycles. The van der Waals surface area contributed by atoms with Crippen LogP contribution >= 0.6 is 12.2 Å². The molecule has 0 spiro atoms. The van der Waals surface area contributed by atoms with Crippen LogP contribution in [0.1, 0.15) is 0 Å². The Morgan fingerprint density at radius 1 is 1.00 bits per heavy atom. The average Bonchev–Trinajstić information content (AvgIpc) is 2.02. The topological polar surface area (TPSA) is 26.0 Å². The molecule has 10 heteroatoms. The van der Waals surface area contributed by atoms with Crippen molar-refractivity contribution in [2.75, 3.05) is 0 Å². The molecule has 0 radical (unpaired) electrons. The monoisotopic (exact) mass is 261 g/mol. The van der Waals surface area contributed by atoms with E-state index in [9.17, 15) is 35.1 Å². The van der Waals surface area contributed by atoms with Gasteiger partial charge in [0.2, 0.25) is 0 Å². The predicted octanol–water partition coefficient (Wildman–Crippen LogP) is 2.44. The first kappa shape index (κ1) is 14.3. The number of nitrogens with two attached hydrogens (primary N) is 1. The van der Waals surface area contributed by atoms with Crippen molar-refractivity contribution in [1.82, 2.24) is 0 Å². The van der Waals surface area contributed by atoms with E-state index in [2.05, 4.69) is 18.0 Å². The summed E-state index contributed by atoms with van der Waals surface area (Å²) in [5.74, 6) is -18.3. The van der Waals surface area contributed by atoms with E-state index >= 15 is 0 Å². The van der Waals surface area contributed by atoms with Crippen LogP contribution in [0, 0.1) is 0 Å². The summed E-state index contributed by atoms with van der Waals surface area (Å²) in [6, 6.07) is 0. The molecule has 0 aliphatic rings. The van der Waals surface area contributed by atoms with Crippen LogP contribution in [-0.2, 0) is 0 Å². The summed E-state index contributed by atoms with van der Waals surface area (Å²) < 4.78 is 96.4. The third-order valence-electron chi connectivity index (χ3n) is 1.40. The number of thiocarbonyl (C=S) groups is 1. The maximum Gasteiger partial charge on any atom is 0.384 e. The standard InChI is InChI=1S/C5H3F8NS/c6-1(7)3(8,9)5(12,13)4(10,11)2(14)15/h1H,(H2,14,15). The van der Waals surface area contributed by atoms with Gasteiger partial charge < -0.3 is 5.73 Å². The summed E-state index contributed by atoms with van der Waals surface area (Å²) in [5, 5.41) is 0. The van der Waals surface area contributed by atoms with Crippen LogP contribution in [0.15, 0.2) is 0 Å². The average molecular weight is 261 g/mol. The number of hydrogen-bond acceptors (Lipinski definition) is 1. The lowest BCUT2D eigenvalue weighted by Crippen LogP contribution is -2.61. The molecule has 15 heavy (non-hydrogen) atoms. The third kappa shape index (κ3) is 1.99. The Morgan fingerprint density at radius 3 is 1.53 bits per heavy atom. The Hall–Kier alpha value is -0.670. The molecule has 0 saturated carbocycles. The minimum atomic E-state index is -6.35. The Bertz CT molecular complexity index is 262. The van der Waals surface area contributed by atoms with Crippen LogP contribution in [0.5, 0.6) is 0 Å². The second-order valence-corrected chi connectivity index (χ2v) is 2.88. The van der Waals surface area contributed by atoms with Gasteiger partial charge in [-0.05, 0) is 0 Å². The molecule has 0 saturated heterocycles. The normalized spacial score (nSPS) is 14.5. The highest BCUT2D eigenvalue weighted by Gasteiger charge is 2.76. The summed E-state index contributed by atoms with van der Waals surface area (Å²) in [7, 11) is 0. The van der Waals surface area contributed by atoms with Gasteiger partial charge in [0.25, 0.3) is 0 Å². The molecule has 0 amide bonds. The Balaban J connectivity index is 5.40. The Morgan fingerprint density at radius 2 is 1.33 bits per heavy atom. The lowest BCUT2D eigenvalue weighted by atomic mass is 10.1. The highest BCUT2D eigenvalue weighted by atomic mass is 32.1. The van der Waals surface area contributed by atoms with Gasteiger partial charge in [-0.1, -0.05) is 12.2 Å². The Kier molecular flexibility index (Phi) is 3.56. The van der Waals surface area contributed by atoms with Crippen molar-refractivity contribution < 1.29 is 35.1 Å². The highest BCUT2D eigenvalue weighted by molar-refractivity contribution is 7.80. The molecule has 0 fully saturated rings. The van der Waals surface area contributed by atoms with E-state index in [1.165, 1.54) is 0 Å². The molecular weight excluding hydrogens is 258 g/mol. The molecule has 0 bridgehead atoms. The van der Waals surface area contributed by atoms with E-state index in [1.54, 1.807) is 0 Å². The van der Waals surface area contributed by atoms with E-state index in [0.29, 0.717) is 0 Å². The van der Waals surface area contributed by atoms with Gasteiger partial charge in [-0.3, -0.25) is 0 Å². The van der Waals surface area contributed by atoms with Crippen LogP contribution < -0.4 is 5.73 Å². The van der Waals surface area contributed by atoms with Crippen molar-refractivity contribution >= 4 is 17.2 Å².